The summed E-state index contributed by atoms with van der Waals surface area (Å²) in [5.41, 5.74) is 0.992. The molecule has 0 fully saturated rings. The van der Waals surface area contributed by atoms with Gasteiger partial charge in [0, 0.05) is 0 Å². The minimum absolute atomic E-state index is 0.0877. The molecule has 1 aliphatic heterocycles. The zero-order valence-corrected chi connectivity index (χ0v) is 14.5. The van der Waals surface area contributed by atoms with E-state index in [-0.39, 0.29) is 14.5 Å². The first-order chi connectivity index (χ1) is 7.43. The van der Waals surface area contributed by atoms with Crippen molar-refractivity contribution in [2.24, 2.45) is 0 Å². The van der Waals surface area contributed by atoms with Crippen LogP contribution in [0.1, 0.15) is 5.56 Å². The van der Waals surface area contributed by atoms with Crippen LogP contribution in [-0.4, -0.2) is 34.3 Å². The van der Waals surface area contributed by atoms with Crippen LogP contribution in [0.4, 0.5) is 0 Å². The van der Waals surface area contributed by atoms with Gasteiger partial charge in [0.1, 0.15) is 0 Å². The molecule has 0 amide bonds. The third-order valence-corrected chi connectivity index (χ3v) is 11.6. The molecule has 0 spiro atoms. The number of halogens is 2. The van der Waals surface area contributed by atoms with Crippen molar-refractivity contribution in [1.82, 2.24) is 4.31 Å². The van der Waals surface area contributed by atoms with E-state index in [9.17, 15) is 8.42 Å². The normalized spacial score (nSPS) is 19.4. The molecule has 0 atom stereocenters. The molecule has 0 N–H and O–H groups in total. The first-order valence-electron chi connectivity index (χ1n) is 4.28. The molecule has 2 aromatic rings. The molecular formula is C8H5Br2NO2S2Se. The molecule has 0 bridgehead atoms. The predicted octanol–water partition coefficient (Wildman–Crippen LogP) is 2.62. The van der Waals surface area contributed by atoms with Crippen molar-refractivity contribution in [2.75, 3.05) is 7.05 Å². The molecule has 16 heavy (non-hydrogen) atoms. The number of rotatable bonds is 0. The number of hydrogen-bond acceptors (Lipinski definition) is 3. The van der Waals surface area contributed by atoms with Crippen LogP contribution in [0.15, 0.2) is 11.3 Å². The fraction of sp³-hybridized carbons (Fsp3) is 0.250. The number of fused-ring (bicyclic) bond motifs is 3. The number of thiophene rings is 1. The molecular weight excluding hydrogens is 445 g/mol. The maximum absolute atomic E-state index is 12.0. The van der Waals surface area contributed by atoms with Crippen molar-refractivity contribution in [3.05, 3.63) is 13.1 Å². The van der Waals surface area contributed by atoms with Crippen LogP contribution in [0.2, 0.25) is 0 Å². The van der Waals surface area contributed by atoms with E-state index in [2.05, 4.69) is 31.9 Å². The van der Waals surface area contributed by atoms with Gasteiger partial charge in [-0.2, -0.15) is 0 Å². The molecule has 86 valence electrons. The Bertz CT molecular complexity index is 703. The summed E-state index contributed by atoms with van der Waals surface area (Å²) in [6, 6.07) is 0. The van der Waals surface area contributed by atoms with Crippen LogP contribution >= 0.6 is 43.2 Å². The second-order valence-corrected chi connectivity index (χ2v) is 11.8. The molecule has 2 aromatic heterocycles. The van der Waals surface area contributed by atoms with E-state index in [1.54, 1.807) is 18.4 Å². The standard InChI is InChI=1S/C8H5Br2NO2S2Se/c1-11-2-3-4-5(7(10)14-6(4)9)16-8(3)15(11,12)13/h2H2,1H3. The third kappa shape index (κ3) is 1.41. The Morgan fingerprint density at radius 1 is 1.38 bits per heavy atom. The predicted molar refractivity (Wildman–Crippen MR) is 72.8 cm³/mol. The quantitative estimate of drug-likeness (QED) is 0.580. The van der Waals surface area contributed by atoms with Crippen LogP contribution in [0.25, 0.3) is 9.65 Å². The Morgan fingerprint density at radius 2 is 2.06 bits per heavy atom. The van der Waals surface area contributed by atoms with E-state index in [0.717, 1.165) is 18.5 Å². The van der Waals surface area contributed by atoms with E-state index >= 15 is 0 Å². The number of sulfonamides is 1. The summed E-state index contributed by atoms with van der Waals surface area (Å²) in [6.45, 7) is 0.508. The monoisotopic (exact) mass is 449 g/mol. The van der Waals surface area contributed by atoms with Crippen molar-refractivity contribution in [3.63, 3.8) is 0 Å². The Hall–Kier alpha value is 0.829. The molecule has 0 aliphatic carbocycles. The van der Waals surface area contributed by atoms with Crippen LogP contribution < -0.4 is 0 Å². The fourth-order valence-corrected chi connectivity index (χ4v) is 11.0. The van der Waals surface area contributed by atoms with Crippen LogP contribution in [0, 0.1) is 0 Å². The Morgan fingerprint density at radius 3 is 2.75 bits per heavy atom. The first kappa shape index (κ1) is 11.9. The van der Waals surface area contributed by atoms with Gasteiger partial charge < -0.3 is 0 Å². The fourth-order valence-electron chi connectivity index (χ4n) is 1.77. The number of nitrogens with zero attached hydrogens (tertiary/aromatic N) is 1. The Balaban J connectivity index is 2.47. The molecule has 3 rings (SSSR count). The van der Waals surface area contributed by atoms with Gasteiger partial charge in [0.05, 0.1) is 0 Å². The molecule has 3 nitrogen and oxygen atoms in total. The average molecular weight is 450 g/mol. The molecule has 8 heteroatoms. The van der Waals surface area contributed by atoms with Crippen molar-refractivity contribution < 1.29 is 8.42 Å². The second-order valence-electron chi connectivity index (χ2n) is 3.48. The van der Waals surface area contributed by atoms with Crippen LogP contribution in [0.3, 0.4) is 0 Å². The van der Waals surface area contributed by atoms with Crippen LogP contribution in [-0.2, 0) is 16.6 Å². The van der Waals surface area contributed by atoms with E-state index in [1.165, 1.54) is 8.57 Å². The Labute approximate surface area is 119 Å². The summed E-state index contributed by atoms with van der Waals surface area (Å²) in [5.74, 6) is 0. The Kier molecular flexibility index (Phi) is 2.72. The molecule has 0 aromatic carbocycles. The van der Waals surface area contributed by atoms with E-state index < -0.39 is 10.0 Å². The van der Waals surface area contributed by atoms with Crippen molar-refractivity contribution >= 4 is 77.4 Å². The number of hydrogen-bond donors (Lipinski definition) is 0. The molecule has 0 saturated carbocycles. The van der Waals surface area contributed by atoms with Gasteiger partial charge in [-0.05, 0) is 0 Å². The van der Waals surface area contributed by atoms with Gasteiger partial charge in [-0.15, -0.1) is 0 Å². The zero-order chi connectivity index (χ0) is 11.7. The van der Waals surface area contributed by atoms with Crippen molar-refractivity contribution in [2.45, 2.75) is 10.3 Å². The van der Waals surface area contributed by atoms with Gasteiger partial charge in [0.15, 0.2) is 0 Å². The van der Waals surface area contributed by atoms with Crippen LogP contribution in [0.5, 0.6) is 0 Å². The van der Waals surface area contributed by atoms with Gasteiger partial charge in [0.2, 0.25) is 0 Å². The van der Waals surface area contributed by atoms with E-state index in [4.69, 9.17) is 0 Å². The molecule has 0 unspecified atom stereocenters. The molecule has 3 heterocycles. The summed E-state index contributed by atoms with van der Waals surface area (Å²) < 4.78 is 29.4. The molecule has 1 aliphatic rings. The van der Waals surface area contributed by atoms with Crippen molar-refractivity contribution in [1.29, 1.82) is 0 Å². The minimum atomic E-state index is -3.17. The van der Waals surface area contributed by atoms with Gasteiger partial charge in [-0.25, -0.2) is 0 Å². The summed E-state index contributed by atoms with van der Waals surface area (Å²) in [6.07, 6.45) is 0. The van der Waals surface area contributed by atoms with E-state index in [1.807, 2.05) is 0 Å². The van der Waals surface area contributed by atoms with Crippen molar-refractivity contribution in [3.8, 4) is 0 Å². The molecule has 0 saturated heterocycles. The van der Waals surface area contributed by atoms with Gasteiger partial charge >= 0.3 is 121 Å². The zero-order valence-electron chi connectivity index (χ0n) is 7.95. The average Bonchev–Trinajstić information content (AvgIpc) is 2.73. The van der Waals surface area contributed by atoms with Gasteiger partial charge in [0.25, 0.3) is 0 Å². The SMILES string of the molecule is CN1Cc2c([se]c3c(Br)sc(Br)c23)S1(=O)=O. The van der Waals surface area contributed by atoms with Gasteiger partial charge in [-0.1, -0.05) is 0 Å². The van der Waals surface area contributed by atoms with Gasteiger partial charge in [-0.3, -0.25) is 0 Å². The topological polar surface area (TPSA) is 37.4 Å². The summed E-state index contributed by atoms with van der Waals surface area (Å²) in [7, 11) is -1.53. The summed E-state index contributed by atoms with van der Waals surface area (Å²) in [5, 5.41) is 1.11. The van der Waals surface area contributed by atoms with E-state index in [0.29, 0.717) is 10.3 Å². The summed E-state index contributed by atoms with van der Waals surface area (Å²) in [4.78, 5) is 0. The maximum atomic E-state index is 12.0. The molecule has 0 radical (unpaired) electrons. The second kappa shape index (κ2) is 3.66. The third-order valence-electron chi connectivity index (χ3n) is 2.55. The summed E-state index contributed by atoms with van der Waals surface area (Å²) >= 11 is 8.55. The first-order valence-corrected chi connectivity index (χ1v) is 9.84.